The average Bonchev–Trinajstić information content (AvgIpc) is 3.43. The second-order valence-corrected chi connectivity index (χ2v) is 9.80. The molecule has 10 heteroatoms. The Balaban J connectivity index is 1.73. The van der Waals surface area contributed by atoms with Crippen LogP contribution in [0.1, 0.15) is 41.5 Å². The maximum absolute atomic E-state index is 11.1. The van der Waals surface area contributed by atoms with Crippen LogP contribution in [0.5, 0.6) is 5.75 Å². The number of ether oxygens (including phenoxy) is 1. The Kier molecular flexibility index (Phi) is 8.42. The van der Waals surface area contributed by atoms with E-state index in [0.29, 0.717) is 23.4 Å². The molecule has 2 aromatic heterocycles. The first-order valence-corrected chi connectivity index (χ1v) is 11.9. The van der Waals surface area contributed by atoms with Gasteiger partial charge in [0, 0.05) is 23.0 Å². The summed E-state index contributed by atoms with van der Waals surface area (Å²) in [6.45, 7) is 9.40. The molecule has 0 aliphatic heterocycles. The highest BCUT2D eigenvalue weighted by Gasteiger charge is 2.20. The number of carbonyl (C=O) groups excluding carboxylic acids is 1. The molecule has 1 unspecified atom stereocenters. The van der Waals surface area contributed by atoms with Crippen molar-refractivity contribution in [3.8, 4) is 27.9 Å². The number of nitrogens with zero attached hydrogens (tertiary/aromatic N) is 2. The summed E-state index contributed by atoms with van der Waals surface area (Å²) in [4.78, 5) is 17.7. The van der Waals surface area contributed by atoms with Crippen LogP contribution in [0.4, 0.5) is 0 Å². The summed E-state index contributed by atoms with van der Waals surface area (Å²) in [5.41, 5.74) is 9.96. The molecule has 0 aliphatic carbocycles. The lowest BCUT2D eigenvalue weighted by molar-refractivity contribution is -0.124. The van der Waals surface area contributed by atoms with E-state index in [0.717, 1.165) is 32.0 Å². The lowest BCUT2D eigenvalue weighted by atomic mass is 10.0. The van der Waals surface area contributed by atoms with Crippen LogP contribution < -0.4 is 15.8 Å². The number of carbonyl (C=O) groups is 1. The number of nitrogens with two attached hydrogens (primary N) is 1. The topological polar surface area (TPSA) is 144 Å². The van der Waals surface area contributed by atoms with Crippen LogP contribution in [-0.2, 0) is 4.79 Å². The van der Waals surface area contributed by atoms with Crippen LogP contribution in [-0.4, -0.2) is 52.1 Å². The van der Waals surface area contributed by atoms with Gasteiger partial charge in [0.25, 0.3) is 5.89 Å². The van der Waals surface area contributed by atoms with Crippen LogP contribution >= 0.6 is 11.3 Å². The number of aliphatic hydroxyl groups excluding tert-OH is 2. The van der Waals surface area contributed by atoms with Crippen LogP contribution in [0.3, 0.4) is 0 Å². The van der Waals surface area contributed by atoms with E-state index >= 15 is 0 Å². The molecule has 0 fully saturated rings. The zero-order chi connectivity index (χ0) is 25.0. The van der Waals surface area contributed by atoms with Gasteiger partial charge in [-0.15, -0.1) is 11.3 Å². The number of thiophene rings is 1. The molecule has 184 valence electrons. The summed E-state index contributed by atoms with van der Waals surface area (Å²) in [5, 5.41) is 25.3. The van der Waals surface area contributed by atoms with Crippen molar-refractivity contribution < 1.29 is 24.3 Å². The Labute approximate surface area is 203 Å². The molecular weight excluding hydrogens is 456 g/mol. The quantitative estimate of drug-likeness (QED) is 0.341. The second-order valence-electron chi connectivity index (χ2n) is 8.72. The van der Waals surface area contributed by atoms with Crippen molar-refractivity contribution in [1.29, 1.82) is 0 Å². The third-order valence-electron chi connectivity index (χ3n) is 5.43. The number of hydrogen-bond acceptors (Lipinski definition) is 9. The van der Waals surface area contributed by atoms with E-state index in [4.69, 9.17) is 20.1 Å². The van der Waals surface area contributed by atoms with E-state index in [9.17, 15) is 9.90 Å². The molecule has 0 spiro atoms. The van der Waals surface area contributed by atoms with Gasteiger partial charge in [-0.3, -0.25) is 4.79 Å². The average molecular weight is 489 g/mol. The molecule has 1 amide bonds. The van der Waals surface area contributed by atoms with Gasteiger partial charge in [0.1, 0.15) is 25.1 Å². The lowest BCUT2D eigenvalue weighted by Crippen LogP contribution is -2.36. The van der Waals surface area contributed by atoms with Gasteiger partial charge in [0.05, 0.1) is 4.88 Å². The van der Waals surface area contributed by atoms with Crippen molar-refractivity contribution in [1.82, 2.24) is 15.5 Å². The highest BCUT2D eigenvalue weighted by atomic mass is 32.1. The Morgan fingerprint density at radius 2 is 1.88 bits per heavy atom. The van der Waals surface area contributed by atoms with E-state index in [1.54, 1.807) is 11.3 Å². The molecule has 1 aromatic carbocycles. The zero-order valence-corrected chi connectivity index (χ0v) is 20.9. The fourth-order valence-corrected chi connectivity index (χ4v) is 4.78. The maximum Gasteiger partial charge on any atom is 0.268 e. The first-order valence-electron chi connectivity index (χ1n) is 11.1. The number of hydrogen-bond donors (Lipinski definition) is 4. The standard InChI is InChI=1S/C24H32N4O5S/c1-12(2)20(25)22-15(5)8-18(34-22)24-27-23(28-33-24)16-6-13(3)21(14(4)7-16)32-11-17(30)9-26-19(31)10-29/h6-8,12,17,20,29-30H,9-11,25H2,1-5H3,(H,26,31)/t17-,20?/m0/s1. The van der Waals surface area contributed by atoms with E-state index in [1.165, 1.54) is 0 Å². The summed E-state index contributed by atoms with van der Waals surface area (Å²) >= 11 is 1.58. The summed E-state index contributed by atoms with van der Waals surface area (Å²) < 4.78 is 11.3. The van der Waals surface area contributed by atoms with Crippen molar-refractivity contribution in [3.63, 3.8) is 0 Å². The summed E-state index contributed by atoms with van der Waals surface area (Å²) in [7, 11) is 0. The van der Waals surface area contributed by atoms with Crippen molar-refractivity contribution in [2.24, 2.45) is 11.7 Å². The molecule has 0 bridgehead atoms. The highest BCUT2D eigenvalue weighted by molar-refractivity contribution is 7.15. The molecule has 0 saturated carbocycles. The number of rotatable bonds is 10. The number of nitrogens with one attached hydrogen (secondary N) is 1. The van der Waals surface area contributed by atoms with Gasteiger partial charge >= 0.3 is 0 Å². The van der Waals surface area contributed by atoms with Crippen molar-refractivity contribution in [2.45, 2.75) is 46.8 Å². The van der Waals surface area contributed by atoms with E-state index < -0.39 is 18.6 Å². The molecule has 34 heavy (non-hydrogen) atoms. The SMILES string of the molecule is Cc1cc(-c2nc(-c3cc(C)c(OC[C@@H](O)CNC(=O)CO)c(C)c3)no2)sc1C(N)C(C)C. The van der Waals surface area contributed by atoms with Crippen molar-refractivity contribution in [3.05, 3.63) is 39.8 Å². The Morgan fingerprint density at radius 3 is 2.50 bits per heavy atom. The van der Waals surface area contributed by atoms with E-state index in [2.05, 4.69) is 29.3 Å². The molecule has 3 rings (SSSR count). The third kappa shape index (κ3) is 6.01. The van der Waals surface area contributed by atoms with Crippen LogP contribution in [0.25, 0.3) is 22.2 Å². The molecule has 3 aromatic rings. The fourth-order valence-electron chi connectivity index (χ4n) is 3.51. The Bertz CT molecular complexity index is 1120. The molecule has 0 aliphatic rings. The molecule has 2 heterocycles. The molecule has 0 saturated heterocycles. The van der Waals surface area contributed by atoms with Crippen molar-refractivity contribution >= 4 is 17.2 Å². The van der Waals surface area contributed by atoms with Gasteiger partial charge in [-0.2, -0.15) is 4.98 Å². The molecule has 2 atom stereocenters. The first-order chi connectivity index (χ1) is 16.1. The van der Waals surface area contributed by atoms with Gasteiger partial charge in [0.15, 0.2) is 0 Å². The molecule has 0 radical (unpaired) electrons. The van der Waals surface area contributed by atoms with E-state index in [1.807, 2.05) is 39.0 Å². The van der Waals surface area contributed by atoms with Gasteiger partial charge in [-0.25, -0.2) is 0 Å². The zero-order valence-electron chi connectivity index (χ0n) is 20.1. The van der Waals surface area contributed by atoms with Gasteiger partial charge in [-0.05, 0) is 61.6 Å². The highest BCUT2D eigenvalue weighted by Crippen LogP contribution is 2.37. The minimum atomic E-state index is -0.906. The third-order valence-corrected chi connectivity index (χ3v) is 6.76. The predicted molar refractivity (Wildman–Crippen MR) is 131 cm³/mol. The molecule has 5 N–H and O–H groups in total. The minimum Gasteiger partial charge on any atom is -0.490 e. The second kappa shape index (κ2) is 11.1. The number of amides is 1. The first kappa shape index (κ1) is 25.8. The fraction of sp³-hybridized carbons (Fsp3) is 0.458. The maximum atomic E-state index is 11.1. The lowest BCUT2D eigenvalue weighted by Gasteiger charge is -2.16. The van der Waals surface area contributed by atoms with Crippen LogP contribution in [0.15, 0.2) is 22.7 Å². The largest absolute Gasteiger partial charge is 0.490 e. The summed E-state index contributed by atoms with van der Waals surface area (Å²) in [6, 6.07) is 5.79. The predicted octanol–water partition coefficient (Wildman–Crippen LogP) is 2.89. The Morgan fingerprint density at radius 1 is 1.21 bits per heavy atom. The smallest absolute Gasteiger partial charge is 0.268 e. The number of aryl methyl sites for hydroxylation is 3. The van der Waals surface area contributed by atoms with E-state index in [-0.39, 0.29) is 19.2 Å². The van der Waals surface area contributed by atoms with Gasteiger partial charge in [0.2, 0.25) is 11.7 Å². The van der Waals surface area contributed by atoms with Gasteiger partial charge in [-0.1, -0.05) is 19.0 Å². The summed E-state index contributed by atoms with van der Waals surface area (Å²) in [6.07, 6.45) is -0.906. The minimum absolute atomic E-state index is 0.00231. The number of aromatic nitrogens is 2. The number of benzene rings is 1. The normalized spacial score (nSPS) is 13.2. The van der Waals surface area contributed by atoms with Crippen LogP contribution in [0, 0.1) is 26.7 Å². The summed E-state index contributed by atoms with van der Waals surface area (Å²) in [5.74, 6) is 1.35. The van der Waals surface area contributed by atoms with Gasteiger partial charge < -0.3 is 30.5 Å². The van der Waals surface area contributed by atoms with Crippen LogP contribution in [0.2, 0.25) is 0 Å². The Hall–Kier alpha value is -2.79. The molecular formula is C24H32N4O5S. The van der Waals surface area contributed by atoms with Crippen molar-refractivity contribution in [2.75, 3.05) is 19.8 Å². The monoisotopic (exact) mass is 488 g/mol. The number of aliphatic hydroxyl groups is 2. The molecule has 9 nitrogen and oxygen atoms in total.